The summed E-state index contributed by atoms with van der Waals surface area (Å²) in [4.78, 5) is 12.1. The van der Waals surface area contributed by atoms with Crippen molar-refractivity contribution < 1.29 is 4.79 Å². The largest absolute Gasteiger partial charge is 0.385 e. The van der Waals surface area contributed by atoms with Crippen LogP contribution in [0.3, 0.4) is 0 Å². The van der Waals surface area contributed by atoms with Crippen molar-refractivity contribution in [3.05, 3.63) is 23.8 Å². The summed E-state index contributed by atoms with van der Waals surface area (Å²) in [6, 6.07) is 6.36. The molecule has 1 aromatic rings. The van der Waals surface area contributed by atoms with Gasteiger partial charge in [0.15, 0.2) is 0 Å². The molecule has 3 N–H and O–H groups in total. The van der Waals surface area contributed by atoms with Gasteiger partial charge >= 0.3 is 6.03 Å². The van der Waals surface area contributed by atoms with E-state index in [1.807, 2.05) is 12.1 Å². The molecule has 108 valence electrons. The second-order valence-corrected chi connectivity index (χ2v) is 5.80. The van der Waals surface area contributed by atoms with Crippen LogP contribution in [0.1, 0.15) is 44.1 Å². The van der Waals surface area contributed by atoms with Crippen molar-refractivity contribution in [3.8, 4) is 0 Å². The summed E-state index contributed by atoms with van der Waals surface area (Å²) in [5, 5.41) is 9.52. The first-order valence-electron chi connectivity index (χ1n) is 7.76. The van der Waals surface area contributed by atoms with E-state index in [0.29, 0.717) is 6.04 Å². The van der Waals surface area contributed by atoms with Crippen molar-refractivity contribution in [3.63, 3.8) is 0 Å². The van der Waals surface area contributed by atoms with Gasteiger partial charge in [-0.1, -0.05) is 25.3 Å². The quantitative estimate of drug-likeness (QED) is 0.772. The summed E-state index contributed by atoms with van der Waals surface area (Å²) in [7, 11) is 0. The Hall–Kier alpha value is -1.71. The van der Waals surface area contributed by atoms with Gasteiger partial charge in [-0.3, -0.25) is 0 Å². The Labute approximate surface area is 120 Å². The normalized spacial score (nSPS) is 18.8. The summed E-state index contributed by atoms with van der Waals surface area (Å²) in [5.41, 5.74) is 3.34. The molecule has 1 aliphatic heterocycles. The zero-order valence-corrected chi connectivity index (χ0v) is 11.9. The first-order chi connectivity index (χ1) is 9.83. The van der Waals surface area contributed by atoms with Gasteiger partial charge in [-0.05, 0) is 43.4 Å². The lowest BCUT2D eigenvalue weighted by molar-refractivity contribution is 0.244. The van der Waals surface area contributed by atoms with Crippen LogP contribution in [0, 0.1) is 0 Å². The van der Waals surface area contributed by atoms with Gasteiger partial charge in [-0.15, -0.1) is 0 Å². The van der Waals surface area contributed by atoms with Crippen molar-refractivity contribution in [1.82, 2.24) is 5.32 Å². The Morgan fingerprint density at radius 3 is 2.85 bits per heavy atom. The van der Waals surface area contributed by atoms with Crippen LogP contribution in [-0.4, -0.2) is 18.6 Å². The molecule has 20 heavy (non-hydrogen) atoms. The van der Waals surface area contributed by atoms with Crippen LogP contribution in [0.25, 0.3) is 0 Å². The van der Waals surface area contributed by atoms with Gasteiger partial charge in [-0.25, -0.2) is 4.79 Å². The first kappa shape index (κ1) is 13.3. The number of carbonyl (C=O) groups is 1. The minimum absolute atomic E-state index is 0.0594. The molecular weight excluding hydrogens is 250 g/mol. The van der Waals surface area contributed by atoms with Gasteiger partial charge < -0.3 is 16.0 Å². The minimum Gasteiger partial charge on any atom is -0.385 e. The number of urea groups is 1. The highest BCUT2D eigenvalue weighted by molar-refractivity contribution is 5.91. The number of hydrogen-bond acceptors (Lipinski definition) is 2. The third-order valence-electron chi connectivity index (χ3n) is 4.28. The average Bonchev–Trinajstić information content (AvgIpc) is 2.48. The summed E-state index contributed by atoms with van der Waals surface area (Å²) in [6.07, 6.45) is 8.14. The highest BCUT2D eigenvalue weighted by Crippen LogP contribution is 2.28. The lowest BCUT2D eigenvalue weighted by atomic mass is 9.96. The maximum atomic E-state index is 12.1. The smallest absolute Gasteiger partial charge is 0.319 e. The molecular formula is C16H23N3O. The number of fused-ring (bicyclic) bond motifs is 1. The van der Waals surface area contributed by atoms with Gasteiger partial charge in [0.05, 0.1) is 0 Å². The topological polar surface area (TPSA) is 53.2 Å². The Balaban J connectivity index is 1.63. The van der Waals surface area contributed by atoms with Gasteiger partial charge in [0.2, 0.25) is 0 Å². The molecule has 4 nitrogen and oxygen atoms in total. The predicted molar refractivity (Wildman–Crippen MR) is 82.3 cm³/mol. The zero-order chi connectivity index (χ0) is 13.8. The molecule has 1 heterocycles. The highest BCUT2D eigenvalue weighted by Gasteiger charge is 2.17. The molecule has 2 amide bonds. The van der Waals surface area contributed by atoms with Gasteiger partial charge in [0.1, 0.15) is 0 Å². The molecule has 0 aromatic heterocycles. The molecule has 2 aliphatic rings. The maximum absolute atomic E-state index is 12.1. The Kier molecular flexibility index (Phi) is 4.09. The third kappa shape index (κ3) is 3.06. The van der Waals surface area contributed by atoms with E-state index >= 15 is 0 Å². The second-order valence-electron chi connectivity index (χ2n) is 5.80. The van der Waals surface area contributed by atoms with E-state index in [2.05, 4.69) is 22.0 Å². The van der Waals surface area contributed by atoms with E-state index in [0.717, 1.165) is 43.6 Å². The molecule has 4 heteroatoms. The van der Waals surface area contributed by atoms with E-state index in [-0.39, 0.29) is 6.03 Å². The van der Waals surface area contributed by atoms with E-state index in [1.54, 1.807) is 0 Å². The molecule has 0 bridgehead atoms. The van der Waals surface area contributed by atoms with E-state index in [1.165, 1.54) is 24.8 Å². The third-order valence-corrected chi connectivity index (χ3v) is 4.28. The molecule has 1 saturated carbocycles. The number of rotatable bonds is 2. The van der Waals surface area contributed by atoms with Crippen molar-refractivity contribution in [2.45, 2.75) is 51.0 Å². The molecule has 1 aromatic carbocycles. The minimum atomic E-state index is -0.0594. The van der Waals surface area contributed by atoms with E-state index in [9.17, 15) is 4.79 Å². The molecule has 1 fully saturated rings. The molecule has 1 aliphatic carbocycles. The molecule has 0 atom stereocenters. The molecule has 0 radical (unpaired) electrons. The Morgan fingerprint density at radius 2 is 2.00 bits per heavy atom. The number of carbonyl (C=O) groups excluding carboxylic acids is 1. The van der Waals surface area contributed by atoms with Crippen LogP contribution in [0.4, 0.5) is 16.2 Å². The van der Waals surface area contributed by atoms with Crippen LogP contribution < -0.4 is 16.0 Å². The zero-order valence-electron chi connectivity index (χ0n) is 11.9. The molecule has 0 spiro atoms. The molecule has 0 saturated heterocycles. The van der Waals surface area contributed by atoms with Gasteiger partial charge in [-0.2, -0.15) is 0 Å². The fraction of sp³-hybridized carbons (Fsp3) is 0.562. The van der Waals surface area contributed by atoms with E-state index < -0.39 is 0 Å². The number of benzene rings is 1. The van der Waals surface area contributed by atoms with Crippen LogP contribution >= 0.6 is 0 Å². The molecule has 0 unspecified atom stereocenters. The van der Waals surface area contributed by atoms with Gasteiger partial charge in [0, 0.05) is 24.0 Å². The monoisotopic (exact) mass is 273 g/mol. The van der Waals surface area contributed by atoms with Crippen molar-refractivity contribution in [2.24, 2.45) is 0 Å². The first-order valence-corrected chi connectivity index (χ1v) is 7.76. The lowest BCUT2D eigenvalue weighted by Crippen LogP contribution is -2.39. The van der Waals surface area contributed by atoms with Crippen molar-refractivity contribution in [2.75, 3.05) is 17.2 Å². The SMILES string of the molecule is O=C(Nc1cccc2c1CCCN2)NC1CCCCC1. The summed E-state index contributed by atoms with van der Waals surface area (Å²) in [5.74, 6) is 0. The number of nitrogens with one attached hydrogen (secondary N) is 3. The standard InChI is InChI=1S/C16H23N3O/c20-16(18-12-6-2-1-3-7-12)19-15-10-4-9-14-13(15)8-5-11-17-14/h4,9-10,12,17H,1-3,5-8,11H2,(H2,18,19,20). The number of hydrogen-bond donors (Lipinski definition) is 3. The lowest BCUT2D eigenvalue weighted by Gasteiger charge is -2.24. The predicted octanol–water partition coefficient (Wildman–Crippen LogP) is 3.50. The van der Waals surface area contributed by atoms with Crippen LogP contribution in [-0.2, 0) is 6.42 Å². The van der Waals surface area contributed by atoms with E-state index in [4.69, 9.17) is 0 Å². The van der Waals surface area contributed by atoms with Crippen molar-refractivity contribution in [1.29, 1.82) is 0 Å². The van der Waals surface area contributed by atoms with Crippen LogP contribution in [0.15, 0.2) is 18.2 Å². The fourth-order valence-electron chi connectivity index (χ4n) is 3.22. The fourth-order valence-corrected chi connectivity index (χ4v) is 3.22. The summed E-state index contributed by atoms with van der Waals surface area (Å²) in [6.45, 7) is 1.02. The summed E-state index contributed by atoms with van der Waals surface area (Å²) >= 11 is 0. The Bertz CT molecular complexity index is 481. The van der Waals surface area contributed by atoms with Crippen molar-refractivity contribution >= 4 is 17.4 Å². The number of amides is 2. The average molecular weight is 273 g/mol. The van der Waals surface area contributed by atoms with Crippen LogP contribution in [0.2, 0.25) is 0 Å². The maximum Gasteiger partial charge on any atom is 0.319 e. The highest BCUT2D eigenvalue weighted by atomic mass is 16.2. The molecule has 3 rings (SSSR count). The van der Waals surface area contributed by atoms with Crippen LogP contribution in [0.5, 0.6) is 0 Å². The second kappa shape index (κ2) is 6.16. The number of anilines is 2. The van der Waals surface area contributed by atoms with Gasteiger partial charge in [0.25, 0.3) is 0 Å². The Morgan fingerprint density at radius 1 is 1.15 bits per heavy atom. The summed E-state index contributed by atoms with van der Waals surface area (Å²) < 4.78 is 0.